The molecule has 29 heavy (non-hydrogen) atoms. The molecule has 0 amide bonds. The smallest absolute Gasteiger partial charge is 0.161 e. The van der Waals surface area contributed by atoms with Gasteiger partial charge in [-0.3, -0.25) is 0 Å². The van der Waals surface area contributed by atoms with Crippen molar-refractivity contribution in [1.29, 1.82) is 0 Å². The van der Waals surface area contributed by atoms with E-state index in [2.05, 4.69) is 13.8 Å². The molecule has 5 rings (SSSR count). The fourth-order valence-corrected chi connectivity index (χ4v) is 8.64. The predicted octanol–water partition coefficient (Wildman–Crippen LogP) is 3.51. The monoisotopic (exact) mass is 408 g/mol. The molecule has 166 valence electrons. The second-order valence-electron chi connectivity index (χ2n) is 11.1. The van der Waals surface area contributed by atoms with Gasteiger partial charge >= 0.3 is 0 Å². The molecule has 4 saturated carbocycles. The van der Waals surface area contributed by atoms with Crippen molar-refractivity contribution in [2.45, 2.75) is 89.6 Å². The van der Waals surface area contributed by atoms with E-state index in [0.29, 0.717) is 55.0 Å². The topological polar surface area (TPSA) is 68.2 Å². The molecule has 1 aliphatic heterocycles. The lowest BCUT2D eigenvalue weighted by Gasteiger charge is -2.63. The highest BCUT2D eigenvalue weighted by Crippen LogP contribution is 2.69. The average molecular weight is 409 g/mol. The van der Waals surface area contributed by atoms with E-state index in [0.717, 1.165) is 38.5 Å². The van der Waals surface area contributed by atoms with Gasteiger partial charge < -0.3 is 24.4 Å². The van der Waals surface area contributed by atoms with E-state index in [-0.39, 0.29) is 18.3 Å². The van der Waals surface area contributed by atoms with Crippen molar-refractivity contribution in [3.63, 3.8) is 0 Å². The van der Waals surface area contributed by atoms with Crippen molar-refractivity contribution in [3.8, 4) is 0 Å². The van der Waals surface area contributed by atoms with E-state index in [1.807, 2.05) is 0 Å². The number of aliphatic hydroxyl groups excluding tert-OH is 1. The standard InChI is InChI=1S/C24H40O5/c1-22-8-5-17(27-12-11-25)15-16(22)3-4-19-18(22)6-9-23(2)20(7-10-24(19,23)26)21-28-13-14-29-21/h16-21,25-26H,3-15H2,1-2H3/t16?,17?,18-,19-,20?,22+,23-,24-/m1/s1. The molecule has 1 heterocycles. The predicted molar refractivity (Wildman–Crippen MR) is 109 cm³/mol. The van der Waals surface area contributed by atoms with Gasteiger partial charge in [-0.05, 0) is 81.0 Å². The normalized spacial score (nSPS) is 52.8. The van der Waals surface area contributed by atoms with Crippen LogP contribution in [0.15, 0.2) is 0 Å². The highest BCUT2D eigenvalue weighted by molar-refractivity contribution is 5.17. The Morgan fingerprint density at radius 1 is 0.897 bits per heavy atom. The molecular formula is C24H40O5. The second-order valence-corrected chi connectivity index (χ2v) is 11.1. The maximum absolute atomic E-state index is 12.2. The first-order chi connectivity index (χ1) is 13.9. The fourth-order valence-electron chi connectivity index (χ4n) is 8.64. The van der Waals surface area contributed by atoms with Crippen LogP contribution in [0, 0.1) is 34.5 Å². The van der Waals surface area contributed by atoms with Crippen LogP contribution in [0.25, 0.3) is 0 Å². The summed E-state index contributed by atoms with van der Waals surface area (Å²) in [7, 11) is 0. The Kier molecular flexibility index (Phi) is 5.31. The van der Waals surface area contributed by atoms with Crippen molar-refractivity contribution in [3.05, 3.63) is 0 Å². The van der Waals surface area contributed by atoms with Crippen LogP contribution in [0.4, 0.5) is 0 Å². The third-order valence-electron chi connectivity index (χ3n) is 10.3. The van der Waals surface area contributed by atoms with E-state index >= 15 is 0 Å². The zero-order chi connectivity index (χ0) is 20.3. The van der Waals surface area contributed by atoms with E-state index in [9.17, 15) is 5.11 Å². The van der Waals surface area contributed by atoms with E-state index in [1.165, 1.54) is 19.3 Å². The summed E-state index contributed by atoms with van der Waals surface area (Å²) < 4.78 is 17.7. The molecule has 0 bridgehead atoms. The maximum atomic E-state index is 12.2. The van der Waals surface area contributed by atoms with Crippen LogP contribution < -0.4 is 0 Å². The number of rotatable bonds is 4. The molecule has 2 N–H and O–H groups in total. The minimum atomic E-state index is -0.575. The van der Waals surface area contributed by atoms with Crippen molar-refractivity contribution in [2.75, 3.05) is 26.4 Å². The van der Waals surface area contributed by atoms with Gasteiger partial charge in [-0.25, -0.2) is 0 Å². The number of hydrogen-bond acceptors (Lipinski definition) is 5. The van der Waals surface area contributed by atoms with Crippen molar-refractivity contribution >= 4 is 0 Å². The summed E-state index contributed by atoms with van der Waals surface area (Å²) in [6, 6.07) is 0. The van der Waals surface area contributed by atoms with Gasteiger partial charge in [0.15, 0.2) is 6.29 Å². The van der Waals surface area contributed by atoms with Gasteiger partial charge in [0, 0.05) is 11.3 Å². The zero-order valence-corrected chi connectivity index (χ0v) is 18.3. The molecule has 5 heteroatoms. The van der Waals surface area contributed by atoms with Gasteiger partial charge in [-0.15, -0.1) is 0 Å². The van der Waals surface area contributed by atoms with E-state index in [1.54, 1.807) is 0 Å². The van der Waals surface area contributed by atoms with Crippen molar-refractivity contribution < 1.29 is 24.4 Å². The van der Waals surface area contributed by atoms with Crippen LogP contribution in [0.2, 0.25) is 0 Å². The Labute approximate surface area is 175 Å². The van der Waals surface area contributed by atoms with Gasteiger partial charge in [0.2, 0.25) is 0 Å². The Morgan fingerprint density at radius 2 is 1.66 bits per heavy atom. The Hall–Kier alpha value is -0.200. The van der Waals surface area contributed by atoms with E-state index in [4.69, 9.17) is 19.3 Å². The lowest BCUT2D eigenvalue weighted by Crippen LogP contribution is -2.63. The van der Waals surface area contributed by atoms with Crippen LogP contribution in [0.5, 0.6) is 0 Å². The molecule has 0 aromatic carbocycles. The first kappa shape index (κ1) is 20.7. The van der Waals surface area contributed by atoms with Crippen LogP contribution in [-0.4, -0.2) is 54.6 Å². The minimum Gasteiger partial charge on any atom is -0.394 e. The minimum absolute atomic E-state index is 0.0895. The molecule has 5 fully saturated rings. The summed E-state index contributed by atoms with van der Waals surface area (Å²) in [6.45, 7) is 6.82. The molecule has 0 aromatic rings. The molecule has 0 spiro atoms. The molecule has 0 aromatic heterocycles. The van der Waals surface area contributed by atoms with Crippen LogP contribution in [0.1, 0.15) is 71.6 Å². The zero-order valence-electron chi connectivity index (χ0n) is 18.3. The number of hydrogen-bond donors (Lipinski definition) is 2. The average Bonchev–Trinajstić information content (AvgIpc) is 3.32. The SMILES string of the molecule is C[C@]12CCC(OCCO)CC1CC[C@@H]1[C@H]2CC[C@]2(C)C(C3OCCO3)CC[C@@]12O. The van der Waals surface area contributed by atoms with Gasteiger partial charge in [-0.2, -0.15) is 0 Å². The van der Waals surface area contributed by atoms with Crippen LogP contribution in [-0.2, 0) is 14.2 Å². The maximum Gasteiger partial charge on any atom is 0.161 e. The highest BCUT2D eigenvalue weighted by atomic mass is 16.7. The largest absolute Gasteiger partial charge is 0.394 e. The third-order valence-corrected chi connectivity index (χ3v) is 10.3. The van der Waals surface area contributed by atoms with Crippen molar-refractivity contribution in [2.24, 2.45) is 34.5 Å². The number of aliphatic hydroxyl groups is 2. The molecule has 8 atom stereocenters. The molecule has 0 radical (unpaired) electrons. The quantitative estimate of drug-likeness (QED) is 0.745. The summed E-state index contributed by atoms with van der Waals surface area (Å²) in [6.07, 6.45) is 10.2. The summed E-state index contributed by atoms with van der Waals surface area (Å²) in [5.74, 6) is 2.03. The van der Waals surface area contributed by atoms with Gasteiger partial charge in [0.25, 0.3) is 0 Å². The van der Waals surface area contributed by atoms with E-state index < -0.39 is 5.60 Å². The Bertz CT molecular complexity index is 606. The summed E-state index contributed by atoms with van der Waals surface area (Å²) in [5.41, 5.74) is -0.348. The molecule has 5 nitrogen and oxygen atoms in total. The van der Waals surface area contributed by atoms with Crippen LogP contribution >= 0.6 is 0 Å². The lowest BCUT2D eigenvalue weighted by molar-refractivity contribution is -0.228. The van der Waals surface area contributed by atoms with Gasteiger partial charge in [0.1, 0.15) is 0 Å². The Balaban J connectivity index is 1.36. The molecule has 4 aliphatic carbocycles. The highest BCUT2D eigenvalue weighted by Gasteiger charge is 2.68. The fraction of sp³-hybridized carbons (Fsp3) is 1.00. The lowest BCUT2D eigenvalue weighted by atomic mass is 9.43. The first-order valence-electron chi connectivity index (χ1n) is 12.1. The number of fused-ring (bicyclic) bond motifs is 5. The summed E-state index contributed by atoms with van der Waals surface area (Å²) in [5, 5.41) is 21.3. The number of ether oxygens (including phenoxy) is 3. The van der Waals surface area contributed by atoms with Crippen LogP contribution in [0.3, 0.4) is 0 Å². The molecular weight excluding hydrogens is 368 g/mol. The van der Waals surface area contributed by atoms with Gasteiger partial charge in [-0.1, -0.05) is 13.8 Å². The third kappa shape index (κ3) is 2.98. The first-order valence-corrected chi connectivity index (χ1v) is 12.1. The summed E-state index contributed by atoms with van der Waals surface area (Å²) >= 11 is 0. The Morgan fingerprint density at radius 3 is 2.41 bits per heavy atom. The second kappa shape index (κ2) is 7.44. The van der Waals surface area contributed by atoms with Crippen molar-refractivity contribution in [1.82, 2.24) is 0 Å². The molecule has 3 unspecified atom stereocenters. The van der Waals surface area contributed by atoms with Gasteiger partial charge in [0.05, 0.1) is 38.1 Å². The molecule has 5 aliphatic rings. The summed E-state index contributed by atoms with van der Waals surface area (Å²) in [4.78, 5) is 0. The molecule has 1 saturated heterocycles.